The van der Waals surface area contributed by atoms with Crippen molar-refractivity contribution in [2.45, 2.75) is 13.3 Å². The number of nitrogens with one attached hydrogen (secondary N) is 1. The quantitative estimate of drug-likeness (QED) is 0.640. The molecule has 1 N–H and O–H groups in total. The van der Waals surface area contributed by atoms with E-state index in [0.717, 1.165) is 44.5 Å². The van der Waals surface area contributed by atoms with Gasteiger partial charge < -0.3 is 5.32 Å². The maximum atomic E-state index is 6.18. The van der Waals surface area contributed by atoms with Crippen LogP contribution in [0.15, 0.2) is 34.1 Å². The van der Waals surface area contributed by atoms with Gasteiger partial charge in [-0.05, 0) is 59.1 Å². The van der Waals surface area contributed by atoms with E-state index in [-0.39, 0.29) is 0 Å². The lowest BCUT2D eigenvalue weighted by molar-refractivity contribution is 0.876. The number of aryl methyl sites for hydroxylation is 1. The topological polar surface area (TPSA) is 29.9 Å². The Morgan fingerprint density at radius 3 is 2.95 bits per heavy atom. The third-order valence-electron chi connectivity index (χ3n) is 3.86. The van der Waals surface area contributed by atoms with Gasteiger partial charge in [0, 0.05) is 17.1 Å². The summed E-state index contributed by atoms with van der Waals surface area (Å²) < 4.78 is 3.11. The highest BCUT2D eigenvalue weighted by Crippen LogP contribution is 2.39. The van der Waals surface area contributed by atoms with Gasteiger partial charge in [0.1, 0.15) is 11.5 Å². The Morgan fingerprint density at radius 2 is 2.18 bits per heavy atom. The minimum Gasteiger partial charge on any atom is -0.369 e. The van der Waals surface area contributed by atoms with Crippen LogP contribution in [0.4, 0.5) is 5.82 Å². The largest absolute Gasteiger partial charge is 0.369 e. The average molecular weight is 395 g/mol. The molecular weight excluding hydrogens is 382 g/mol. The van der Waals surface area contributed by atoms with Crippen molar-refractivity contribution in [3.8, 4) is 16.3 Å². The summed E-state index contributed by atoms with van der Waals surface area (Å²) in [6.07, 6.45) is 1.000. The number of fused-ring (bicyclic) bond motifs is 1. The van der Waals surface area contributed by atoms with Crippen LogP contribution < -0.4 is 5.32 Å². The zero-order valence-electron chi connectivity index (χ0n) is 11.9. The van der Waals surface area contributed by atoms with E-state index >= 15 is 0 Å². The minimum absolute atomic E-state index is 0.725. The molecule has 0 unspecified atom stereocenters. The van der Waals surface area contributed by atoms with Gasteiger partial charge in [0.2, 0.25) is 0 Å². The van der Waals surface area contributed by atoms with E-state index in [1.165, 1.54) is 10.4 Å². The van der Waals surface area contributed by atoms with Crippen LogP contribution in [0.3, 0.4) is 0 Å². The van der Waals surface area contributed by atoms with E-state index in [4.69, 9.17) is 16.7 Å². The van der Waals surface area contributed by atoms with Crippen LogP contribution >= 0.6 is 38.9 Å². The molecule has 22 heavy (non-hydrogen) atoms. The lowest BCUT2D eigenvalue weighted by Crippen LogP contribution is -2.05. The number of hydrogen-bond acceptors (Lipinski definition) is 3. The molecule has 6 heteroatoms. The highest BCUT2D eigenvalue weighted by molar-refractivity contribution is 9.11. The average Bonchev–Trinajstić information content (AvgIpc) is 3.17. The van der Waals surface area contributed by atoms with Crippen molar-refractivity contribution in [1.29, 1.82) is 0 Å². The number of rotatable bonds is 2. The lowest BCUT2D eigenvalue weighted by atomic mass is 10.2. The fourth-order valence-electron chi connectivity index (χ4n) is 2.80. The van der Waals surface area contributed by atoms with Crippen molar-refractivity contribution < 1.29 is 0 Å². The van der Waals surface area contributed by atoms with Gasteiger partial charge in [-0.2, -0.15) is 5.10 Å². The van der Waals surface area contributed by atoms with E-state index in [9.17, 15) is 0 Å². The summed E-state index contributed by atoms with van der Waals surface area (Å²) >= 11 is 11.4. The number of thiophene rings is 1. The molecule has 0 saturated heterocycles. The molecule has 112 valence electrons. The van der Waals surface area contributed by atoms with Gasteiger partial charge in [0.15, 0.2) is 0 Å². The highest BCUT2D eigenvalue weighted by atomic mass is 79.9. The van der Waals surface area contributed by atoms with Crippen molar-refractivity contribution in [2.24, 2.45) is 0 Å². The Kier molecular flexibility index (Phi) is 3.51. The van der Waals surface area contributed by atoms with Crippen molar-refractivity contribution in [3.05, 3.63) is 50.3 Å². The Morgan fingerprint density at radius 1 is 1.32 bits per heavy atom. The summed E-state index contributed by atoms with van der Waals surface area (Å²) in [5, 5.41) is 9.06. The lowest BCUT2D eigenvalue weighted by Gasteiger charge is -2.09. The maximum Gasteiger partial charge on any atom is 0.133 e. The molecule has 3 aromatic rings. The zero-order valence-corrected chi connectivity index (χ0v) is 15.0. The molecule has 1 aliphatic heterocycles. The molecule has 4 rings (SSSR count). The predicted molar refractivity (Wildman–Crippen MR) is 96.5 cm³/mol. The molecule has 0 amide bonds. The van der Waals surface area contributed by atoms with Crippen LogP contribution in [0.5, 0.6) is 0 Å². The fraction of sp³-hybridized carbons (Fsp3) is 0.188. The summed E-state index contributed by atoms with van der Waals surface area (Å²) in [6, 6.07) is 10.1. The molecule has 1 aromatic carbocycles. The highest BCUT2D eigenvalue weighted by Gasteiger charge is 2.25. The molecule has 3 heterocycles. The number of aromatic nitrogens is 2. The monoisotopic (exact) mass is 393 g/mol. The third kappa shape index (κ3) is 2.28. The first kappa shape index (κ1) is 14.3. The molecule has 0 atom stereocenters. The van der Waals surface area contributed by atoms with E-state index < -0.39 is 0 Å². The van der Waals surface area contributed by atoms with Crippen LogP contribution in [0.1, 0.15) is 11.1 Å². The Labute approximate surface area is 146 Å². The number of anilines is 1. The third-order valence-corrected chi connectivity index (χ3v) is 5.72. The summed E-state index contributed by atoms with van der Waals surface area (Å²) in [5.41, 5.74) is 4.53. The SMILES string of the molecule is Cc1ccc(Cl)cc1-n1nc(-c2ccc(Br)s2)c2c1NCC2. The standard InChI is InChI=1S/C16H13BrClN3S/c1-9-2-3-10(18)8-12(9)21-16-11(6-7-19-16)15(20-21)13-4-5-14(17)22-13/h2-5,8,19H,6-7H2,1H3. The van der Waals surface area contributed by atoms with Crippen molar-refractivity contribution >= 4 is 44.7 Å². The second kappa shape index (κ2) is 5.41. The van der Waals surface area contributed by atoms with Crippen molar-refractivity contribution in [3.63, 3.8) is 0 Å². The summed E-state index contributed by atoms with van der Waals surface area (Å²) in [4.78, 5) is 1.19. The minimum atomic E-state index is 0.725. The molecule has 0 bridgehead atoms. The second-order valence-corrected chi connectivity index (χ2v) is 8.20. The van der Waals surface area contributed by atoms with Crippen LogP contribution in [0, 0.1) is 6.92 Å². The number of nitrogens with zero attached hydrogens (tertiary/aromatic N) is 2. The van der Waals surface area contributed by atoms with Crippen LogP contribution in [-0.4, -0.2) is 16.3 Å². The van der Waals surface area contributed by atoms with Crippen molar-refractivity contribution in [1.82, 2.24) is 9.78 Å². The Bertz CT molecular complexity index is 868. The van der Waals surface area contributed by atoms with E-state index in [1.54, 1.807) is 11.3 Å². The molecule has 1 aliphatic rings. The summed E-state index contributed by atoms with van der Waals surface area (Å²) in [5.74, 6) is 1.09. The molecular formula is C16H13BrClN3S. The fourth-order valence-corrected chi connectivity index (χ4v) is 4.36. The van der Waals surface area contributed by atoms with Gasteiger partial charge in [0.25, 0.3) is 0 Å². The number of halogens is 2. The molecule has 0 fully saturated rings. The smallest absolute Gasteiger partial charge is 0.133 e. The van der Waals surface area contributed by atoms with E-state index in [1.807, 2.05) is 22.9 Å². The molecule has 0 radical (unpaired) electrons. The zero-order chi connectivity index (χ0) is 15.3. The number of benzene rings is 1. The van der Waals surface area contributed by atoms with Gasteiger partial charge >= 0.3 is 0 Å². The van der Waals surface area contributed by atoms with Gasteiger partial charge in [0.05, 0.1) is 14.4 Å². The van der Waals surface area contributed by atoms with Crippen LogP contribution in [0.2, 0.25) is 5.02 Å². The first-order chi connectivity index (χ1) is 10.6. The second-order valence-electron chi connectivity index (χ2n) is 5.30. The summed E-state index contributed by atoms with van der Waals surface area (Å²) in [6.45, 7) is 3.03. The van der Waals surface area contributed by atoms with Crippen LogP contribution in [0.25, 0.3) is 16.3 Å². The number of hydrogen-bond donors (Lipinski definition) is 1. The van der Waals surface area contributed by atoms with E-state index in [0.29, 0.717) is 0 Å². The molecule has 0 spiro atoms. The van der Waals surface area contributed by atoms with E-state index in [2.05, 4.69) is 40.3 Å². The predicted octanol–water partition coefficient (Wildman–Crippen LogP) is 5.29. The molecule has 3 nitrogen and oxygen atoms in total. The maximum absolute atomic E-state index is 6.18. The van der Waals surface area contributed by atoms with Gasteiger partial charge in [-0.3, -0.25) is 0 Å². The van der Waals surface area contributed by atoms with Crippen molar-refractivity contribution in [2.75, 3.05) is 11.9 Å². The molecule has 0 aliphatic carbocycles. The molecule has 0 saturated carbocycles. The Hall–Kier alpha value is -1.30. The van der Waals surface area contributed by atoms with Crippen LogP contribution in [-0.2, 0) is 6.42 Å². The normalized spacial score (nSPS) is 13.2. The Balaban J connectivity index is 1.93. The molecule has 2 aromatic heterocycles. The first-order valence-corrected chi connectivity index (χ1v) is 9.00. The van der Waals surface area contributed by atoms with Gasteiger partial charge in [-0.25, -0.2) is 4.68 Å². The first-order valence-electron chi connectivity index (χ1n) is 7.01. The van der Waals surface area contributed by atoms with Gasteiger partial charge in [-0.1, -0.05) is 17.7 Å². The van der Waals surface area contributed by atoms with Gasteiger partial charge in [-0.15, -0.1) is 11.3 Å². The summed E-state index contributed by atoms with van der Waals surface area (Å²) in [7, 11) is 0.